The number of benzene rings is 2. The molecule has 3 aromatic heterocycles. The van der Waals surface area contributed by atoms with E-state index in [1.165, 1.54) is 6.07 Å². The summed E-state index contributed by atoms with van der Waals surface area (Å²) < 4.78 is 5.05. The number of aromatic hydroxyl groups is 1. The van der Waals surface area contributed by atoms with Crippen LogP contribution in [0.25, 0.3) is 11.0 Å². The standard InChI is InChI=1S/C43H49N9O5/c1-48-41-29(13-10-17-35(41)52(43(48)57)36-20-21-40(55)45-42(36)56)12-6-4-2-3-5-7-14-31-26-50(47-46-31)25-30-15-11-19-39(44-30)51-28-32-24-33(51)27-49(32)23-22-38(54)34-16-8-9-18-37(34)53/h8-11,13,15-19,22-23,26,32-33,36,53H,2-7,12,14,20-21,24-25,27-28H2,1H3,(H,45,55,56)/b23-22+/t32-,33-,36?/m1/s1. The average molecular weight is 772 g/mol. The molecule has 0 saturated carbocycles. The zero-order valence-corrected chi connectivity index (χ0v) is 32.3. The molecule has 57 heavy (non-hydrogen) atoms. The molecule has 1 unspecified atom stereocenters. The Balaban J connectivity index is 0.754. The number of carbonyl (C=O) groups is 3. The second-order valence-electron chi connectivity index (χ2n) is 15.6. The van der Waals surface area contributed by atoms with Gasteiger partial charge >= 0.3 is 5.69 Å². The Labute approximate surface area is 330 Å². The molecule has 3 fully saturated rings. The number of rotatable bonds is 16. The summed E-state index contributed by atoms with van der Waals surface area (Å²) in [4.78, 5) is 59.6. The number of fused-ring (bicyclic) bond motifs is 3. The van der Waals surface area contributed by atoms with Crippen molar-refractivity contribution in [3.05, 3.63) is 112 Å². The number of aromatic nitrogens is 6. The Morgan fingerprint density at radius 1 is 0.895 bits per heavy atom. The van der Waals surface area contributed by atoms with Crippen molar-refractivity contribution in [3.8, 4) is 5.75 Å². The van der Waals surface area contributed by atoms with Crippen LogP contribution in [0.1, 0.15) is 91.1 Å². The van der Waals surface area contributed by atoms with Crippen LogP contribution in [0.2, 0.25) is 0 Å². The van der Waals surface area contributed by atoms with Crippen LogP contribution in [0.4, 0.5) is 5.82 Å². The number of amides is 2. The topological polar surface area (TPSA) is 160 Å². The first kappa shape index (κ1) is 37.9. The van der Waals surface area contributed by atoms with Crippen LogP contribution >= 0.6 is 0 Å². The fourth-order valence-corrected chi connectivity index (χ4v) is 8.79. The molecule has 0 radical (unpaired) electrons. The molecule has 6 heterocycles. The first-order valence-corrected chi connectivity index (χ1v) is 20.1. The number of allylic oxidation sites excluding steroid dienone is 1. The predicted octanol–water partition coefficient (Wildman–Crippen LogP) is 4.84. The number of anilines is 1. The highest BCUT2D eigenvalue weighted by molar-refractivity contribution is 6.06. The Morgan fingerprint density at radius 2 is 1.68 bits per heavy atom. The highest BCUT2D eigenvalue weighted by Crippen LogP contribution is 2.34. The van der Waals surface area contributed by atoms with Gasteiger partial charge in [-0.15, -0.1) is 5.10 Å². The number of piperidine rings is 1. The van der Waals surface area contributed by atoms with Gasteiger partial charge in [-0.05, 0) is 74.4 Å². The van der Waals surface area contributed by atoms with Crippen molar-refractivity contribution in [3.63, 3.8) is 0 Å². The highest BCUT2D eigenvalue weighted by Gasteiger charge is 2.42. The minimum atomic E-state index is -0.675. The maximum absolute atomic E-state index is 13.2. The lowest BCUT2D eigenvalue weighted by Gasteiger charge is -2.34. The fraction of sp³-hybridized carbons (Fsp3) is 0.419. The van der Waals surface area contributed by atoms with E-state index < -0.39 is 11.9 Å². The number of carbonyl (C=O) groups excluding carboxylic acids is 3. The van der Waals surface area contributed by atoms with Crippen molar-refractivity contribution in [2.24, 2.45) is 7.05 Å². The first-order chi connectivity index (χ1) is 27.7. The Morgan fingerprint density at radius 3 is 2.47 bits per heavy atom. The van der Waals surface area contributed by atoms with Gasteiger partial charge in [0, 0.05) is 57.1 Å². The number of para-hydroxylation sites is 2. The quantitative estimate of drug-likeness (QED) is 0.0615. The van der Waals surface area contributed by atoms with Crippen molar-refractivity contribution >= 4 is 34.4 Å². The SMILES string of the molecule is Cn1c(=O)n(C2CCC(=O)NC2=O)c2cccc(CCCCCCCCc3cn(Cc4cccc(N5C[C@H]6C[C@@H]5CN6/C=C/C(=O)c5ccccc5O)n4)nn3)c21. The van der Waals surface area contributed by atoms with Crippen molar-refractivity contribution in [1.29, 1.82) is 0 Å². The number of nitrogens with one attached hydrogen (secondary N) is 1. The summed E-state index contributed by atoms with van der Waals surface area (Å²) in [5.41, 5.74) is 4.70. The van der Waals surface area contributed by atoms with Crippen molar-refractivity contribution in [2.45, 2.75) is 95.3 Å². The number of unbranched alkanes of at least 4 members (excludes halogenated alkanes) is 5. The van der Waals surface area contributed by atoms with E-state index in [1.54, 1.807) is 40.5 Å². The number of pyridine rings is 1. The summed E-state index contributed by atoms with van der Waals surface area (Å²) in [6, 6.07) is 18.6. The number of imide groups is 1. The van der Waals surface area contributed by atoms with Crippen LogP contribution in [-0.2, 0) is 36.0 Å². The average Bonchev–Trinajstić information content (AvgIpc) is 3.99. The summed E-state index contributed by atoms with van der Waals surface area (Å²) >= 11 is 0. The maximum Gasteiger partial charge on any atom is 0.329 e. The Hall–Kier alpha value is -6.05. The highest BCUT2D eigenvalue weighted by atomic mass is 16.3. The summed E-state index contributed by atoms with van der Waals surface area (Å²) in [5.74, 6) is 0.0476. The molecule has 0 spiro atoms. The molecule has 5 aromatic rings. The van der Waals surface area contributed by atoms with Crippen LogP contribution in [0.5, 0.6) is 5.75 Å². The summed E-state index contributed by atoms with van der Waals surface area (Å²) in [7, 11) is 1.75. The van der Waals surface area contributed by atoms with Crippen LogP contribution in [0.15, 0.2) is 83.9 Å². The molecular formula is C43H49N9O5. The third-order valence-corrected chi connectivity index (χ3v) is 11.7. The van der Waals surface area contributed by atoms with Gasteiger partial charge in [0.05, 0.1) is 34.5 Å². The first-order valence-electron chi connectivity index (χ1n) is 20.1. The van der Waals surface area contributed by atoms with E-state index in [0.717, 1.165) is 105 Å². The van der Waals surface area contributed by atoms with Gasteiger partial charge < -0.3 is 14.9 Å². The molecule has 0 aliphatic carbocycles. The number of hydrogen-bond acceptors (Lipinski definition) is 10. The number of piperazine rings is 1. The number of phenols is 1. The van der Waals surface area contributed by atoms with Crippen LogP contribution in [0.3, 0.4) is 0 Å². The summed E-state index contributed by atoms with van der Waals surface area (Å²) in [6.07, 6.45) is 15.3. The number of ketones is 1. The van der Waals surface area contributed by atoms with Gasteiger partial charge in [-0.3, -0.25) is 28.8 Å². The van der Waals surface area contributed by atoms with Gasteiger partial charge in [0.2, 0.25) is 11.8 Å². The molecule has 14 nitrogen and oxygen atoms in total. The van der Waals surface area contributed by atoms with Gasteiger partial charge in [0.25, 0.3) is 0 Å². The molecule has 8 rings (SSSR count). The molecule has 3 atom stereocenters. The van der Waals surface area contributed by atoms with Gasteiger partial charge in [0.15, 0.2) is 5.78 Å². The molecule has 2 N–H and O–H groups in total. The van der Waals surface area contributed by atoms with Gasteiger partial charge in [-0.25, -0.2) is 14.5 Å². The maximum atomic E-state index is 13.2. The largest absolute Gasteiger partial charge is 0.507 e. The molecule has 3 aliphatic rings. The lowest BCUT2D eigenvalue weighted by molar-refractivity contribution is -0.135. The molecule has 3 aliphatic heterocycles. The van der Waals surface area contributed by atoms with Gasteiger partial charge in [0.1, 0.15) is 17.6 Å². The molecule has 2 aromatic carbocycles. The van der Waals surface area contributed by atoms with Crippen molar-refractivity contribution < 1.29 is 19.5 Å². The number of phenolic OH excluding ortho intramolecular Hbond substituents is 1. The van der Waals surface area contributed by atoms with Gasteiger partial charge in [-0.1, -0.05) is 61.2 Å². The van der Waals surface area contributed by atoms with E-state index in [2.05, 4.69) is 37.6 Å². The smallest absolute Gasteiger partial charge is 0.329 e. The zero-order valence-electron chi connectivity index (χ0n) is 32.3. The van der Waals surface area contributed by atoms with E-state index in [4.69, 9.17) is 4.98 Å². The number of imidazole rings is 1. The molecule has 296 valence electrons. The van der Waals surface area contributed by atoms with E-state index in [-0.39, 0.29) is 29.6 Å². The second-order valence-corrected chi connectivity index (χ2v) is 15.6. The summed E-state index contributed by atoms with van der Waals surface area (Å²) in [6.45, 7) is 2.21. The Kier molecular flexibility index (Phi) is 11.0. The minimum Gasteiger partial charge on any atom is -0.507 e. The second kappa shape index (κ2) is 16.6. The molecule has 2 bridgehead atoms. The monoisotopic (exact) mass is 771 g/mol. The van der Waals surface area contributed by atoms with Crippen LogP contribution in [0, 0.1) is 0 Å². The van der Waals surface area contributed by atoms with Crippen LogP contribution in [-0.4, -0.2) is 81.9 Å². The number of aryl methyl sites for hydroxylation is 3. The van der Waals surface area contributed by atoms with Crippen LogP contribution < -0.4 is 15.9 Å². The van der Waals surface area contributed by atoms with Crippen molar-refractivity contribution in [2.75, 3.05) is 18.0 Å². The van der Waals surface area contributed by atoms with E-state index in [1.807, 2.05) is 41.3 Å². The molecular weight excluding hydrogens is 723 g/mol. The molecule has 3 saturated heterocycles. The van der Waals surface area contributed by atoms with Gasteiger partial charge in [-0.2, -0.15) is 0 Å². The number of hydrogen-bond donors (Lipinski definition) is 2. The number of likely N-dealkylation sites (tertiary alicyclic amines) is 1. The third-order valence-electron chi connectivity index (χ3n) is 11.7. The summed E-state index contributed by atoms with van der Waals surface area (Å²) in [5, 5.41) is 21.2. The molecule has 14 heteroatoms. The van der Waals surface area contributed by atoms with Crippen molar-refractivity contribution in [1.82, 2.24) is 39.3 Å². The Bertz CT molecular complexity index is 2380. The van der Waals surface area contributed by atoms with E-state index in [9.17, 15) is 24.3 Å². The zero-order chi connectivity index (χ0) is 39.5. The molecule has 2 amide bonds. The fourth-order valence-electron chi connectivity index (χ4n) is 8.79. The van der Waals surface area contributed by atoms with E-state index >= 15 is 0 Å². The normalized spacial score (nSPS) is 19.4. The van der Waals surface area contributed by atoms with E-state index in [0.29, 0.717) is 30.6 Å². The predicted molar refractivity (Wildman–Crippen MR) is 215 cm³/mol. The third kappa shape index (κ3) is 8.12. The lowest BCUT2D eigenvalue weighted by atomic mass is 10.0. The lowest BCUT2D eigenvalue weighted by Crippen LogP contribution is -2.44. The number of nitrogens with zero attached hydrogens (tertiary/aromatic N) is 8. The minimum absolute atomic E-state index is 0.00284.